The molecule has 0 bridgehead atoms. The van der Waals surface area contributed by atoms with E-state index in [1.807, 2.05) is 13.8 Å². The second kappa shape index (κ2) is 4.78. The van der Waals surface area contributed by atoms with E-state index in [0.29, 0.717) is 17.1 Å². The number of halogens is 2. The smallest absolute Gasteiger partial charge is 0.159 e. The minimum Gasteiger partial charge on any atom is -0.325 e. The maximum absolute atomic E-state index is 13.2. The van der Waals surface area contributed by atoms with Crippen LogP contribution in [0.4, 0.5) is 8.78 Å². The van der Waals surface area contributed by atoms with E-state index in [-0.39, 0.29) is 6.54 Å². The Kier molecular flexibility index (Phi) is 3.34. The fraction of sp³-hybridized carbons (Fsp3) is 0.231. The molecule has 0 aliphatic heterocycles. The number of rotatable bonds is 2. The topological polar surface area (TPSA) is 51.8 Å². The van der Waals surface area contributed by atoms with E-state index in [1.54, 1.807) is 0 Å². The Balaban J connectivity index is 2.57. The van der Waals surface area contributed by atoms with Gasteiger partial charge in [0.2, 0.25) is 0 Å². The Morgan fingerprint density at radius 2 is 1.83 bits per heavy atom. The molecule has 0 fully saturated rings. The molecular weight excluding hydrogens is 236 g/mol. The molecule has 2 rings (SSSR count). The van der Waals surface area contributed by atoms with E-state index < -0.39 is 11.6 Å². The summed E-state index contributed by atoms with van der Waals surface area (Å²) in [5.41, 5.74) is 8.45. The summed E-state index contributed by atoms with van der Waals surface area (Å²) < 4.78 is 26.0. The molecule has 1 aromatic heterocycles. The zero-order valence-corrected chi connectivity index (χ0v) is 10.2. The van der Waals surface area contributed by atoms with Crippen molar-refractivity contribution in [2.24, 2.45) is 5.73 Å². The SMILES string of the molecule is Cc1nc(-c2ccc(F)c(F)c2)nc(CN)c1C. The lowest BCUT2D eigenvalue weighted by Crippen LogP contribution is -2.07. The summed E-state index contributed by atoms with van der Waals surface area (Å²) in [5.74, 6) is -1.44. The minimum atomic E-state index is -0.913. The maximum Gasteiger partial charge on any atom is 0.159 e. The summed E-state index contributed by atoms with van der Waals surface area (Å²) in [7, 11) is 0. The molecule has 2 N–H and O–H groups in total. The molecule has 0 spiro atoms. The van der Waals surface area contributed by atoms with Gasteiger partial charge >= 0.3 is 0 Å². The van der Waals surface area contributed by atoms with Gasteiger partial charge in [0.1, 0.15) is 0 Å². The van der Waals surface area contributed by atoms with Crippen LogP contribution in [0.25, 0.3) is 11.4 Å². The van der Waals surface area contributed by atoms with Crippen molar-refractivity contribution in [3.05, 3.63) is 46.8 Å². The average molecular weight is 249 g/mol. The third kappa shape index (κ3) is 2.22. The number of aryl methyl sites for hydroxylation is 1. The Labute approximate surface area is 104 Å². The van der Waals surface area contributed by atoms with Crippen LogP contribution in [-0.4, -0.2) is 9.97 Å². The largest absolute Gasteiger partial charge is 0.325 e. The highest BCUT2D eigenvalue weighted by molar-refractivity contribution is 5.55. The van der Waals surface area contributed by atoms with E-state index >= 15 is 0 Å². The van der Waals surface area contributed by atoms with E-state index in [0.717, 1.165) is 23.4 Å². The van der Waals surface area contributed by atoms with E-state index in [1.165, 1.54) is 6.07 Å². The second-order valence-corrected chi connectivity index (χ2v) is 4.04. The van der Waals surface area contributed by atoms with Gasteiger partial charge in [0.25, 0.3) is 0 Å². The van der Waals surface area contributed by atoms with Gasteiger partial charge in [0.05, 0.1) is 5.69 Å². The van der Waals surface area contributed by atoms with Crippen LogP contribution in [0.3, 0.4) is 0 Å². The third-order valence-corrected chi connectivity index (χ3v) is 2.86. The average Bonchev–Trinajstić information content (AvgIpc) is 2.36. The van der Waals surface area contributed by atoms with Crippen LogP contribution in [0, 0.1) is 25.5 Å². The summed E-state index contributed by atoms with van der Waals surface area (Å²) in [5, 5.41) is 0. The standard InChI is InChI=1S/C13H13F2N3/c1-7-8(2)17-13(18-12(7)6-16)9-3-4-10(14)11(15)5-9/h3-5H,6,16H2,1-2H3. The molecule has 3 nitrogen and oxygen atoms in total. The number of nitrogens with zero attached hydrogens (tertiary/aromatic N) is 2. The summed E-state index contributed by atoms with van der Waals surface area (Å²) in [6.45, 7) is 4.00. The van der Waals surface area contributed by atoms with Crippen molar-refractivity contribution < 1.29 is 8.78 Å². The first-order valence-corrected chi connectivity index (χ1v) is 5.52. The van der Waals surface area contributed by atoms with Gasteiger partial charge < -0.3 is 5.73 Å². The first kappa shape index (κ1) is 12.6. The molecule has 0 saturated heterocycles. The molecule has 0 radical (unpaired) electrons. The lowest BCUT2D eigenvalue weighted by Gasteiger charge is -2.09. The van der Waals surface area contributed by atoms with Gasteiger partial charge in [-0.1, -0.05) is 0 Å². The van der Waals surface area contributed by atoms with Gasteiger partial charge in [-0.3, -0.25) is 0 Å². The zero-order valence-electron chi connectivity index (χ0n) is 10.2. The third-order valence-electron chi connectivity index (χ3n) is 2.86. The fourth-order valence-corrected chi connectivity index (χ4v) is 1.65. The molecule has 1 heterocycles. The molecule has 0 amide bonds. The summed E-state index contributed by atoms with van der Waals surface area (Å²) in [6.07, 6.45) is 0. The van der Waals surface area contributed by atoms with Gasteiger partial charge in [0, 0.05) is 17.8 Å². The Bertz CT molecular complexity index is 597. The highest BCUT2D eigenvalue weighted by atomic mass is 19.2. The van der Waals surface area contributed by atoms with Crippen molar-refractivity contribution in [3.8, 4) is 11.4 Å². The van der Waals surface area contributed by atoms with Crippen LogP contribution >= 0.6 is 0 Å². The van der Waals surface area contributed by atoms with Crippen molar-refractivity contribution in [1.29, 1.82) is 0 Å². The molecule has 94 valence electrons. The Morgan fingerprint density at radius 1 is 1.11 bits per heavy atom. The van der Waals surface area contributed by atoms with Crippen LogP contribution < -0.4 is 5.73 Å². The van der Waals surface area contributed by atoms with Gasteiger partial charge in [-0.2, -0.15) is 0 Å². The van der Waals surface area contributed by atoms with Gasteiger partial charge in [-0.05, 0) is 37.6 Å². The Morgan fingerprint density at radius 3 is 2.44 bits per heavy atom. The van der Waals surface area contributed by atoms with E-state index in [9.17, 15) is 8.78 Å². The van der Waals surface area contributed by atoms with Crippen LogP contribution in [0.2, 0.25) is 0 Å². The van der Waals surface area contributed by atoms with Crippen molar-refractivity contribution >= 4 is 0 Å². The van der Waals surface area contributed by atoms with Crippen LogP contribution in [0.5, 0.6) is 0 Å². The monoisotopic (exact) mass is 249 g/mol. The lowest BCUT2D eigenvalue weighted by molar-refractivity contribution is 0.509. The summed E-state index contributed by atoms with van der Waals surface area (Å²) in [4.78, 5) is 8.53. The number of nitrogens with two attached hydrogens (primary N) is 1. The van der Waals surface area contributed by atoms with Crippen molar-refractivity contribution in [2.75, 3.05) is 0 Å². The zero-order chi connectivity index (χ0) is 13.3. The predicted octanol–water partition coefficient (Wildman–Crippen LogP) is 2.50. The molecular formula is C13H13F2N3. The first-order chi connectivity index (χ1) is 8.52. The highest BCUT2D eigenvalue weighted by Gasteiger charge is 2.10. The fourth-order valence-electron chi connectivity index (χ4n) is 1.65. The number of aromatic nitrogens is 2. The highest BCUT2D eigenvalue weighted by Crippen LogP contribution is 2.20. The molecule has 5 heteroatoms. The van der Waals surface area contributed by atoms with Crippen molar-refractivity contribution in [2.45, 2.75) is 20.4 Å². The van der Waals surface area contributed by atoms with Gasteiger partial charge in [-0.15, -0.1) is 0 Å². The molecule has 2 aromatic rings. The summed E-state index contributed by atoms with van der Waals surface area (Å²) >= 11 is 0. The number of benzene rings is 1. The van der Waals surface area contributed by atoms with Gasteiger partial charge in [-0.25, -0.2) is 18.7 Å². The molecule has 0 unspecified atom stereocenters. The van der Waals surface area contributed by atoms with Crippen molar-refractivity contribution in [1.82, 2.24) is 9.97 Å². The quantitative estimate of drug-likeness (QED) is 0.889. The van der Waals surface area contributed by atoms with Gasteiger partial charge in [0.15, 0.2) is 17.5 Å². The molecule has 0 atom stereocenters. The molecule has 0 aliphatic rings. The Hall–Kier alpha value is -1.88. The van der Waals surface area contributed by atoms with E-state index in [4.69, 9.17) is 5.73 Å². The summed E-state index contributed by atoms with van der Waals surface area (Å²) in [6, 6.07) is 3.59. The second-order valence-electron chi connectivity index (χ2n) is 4.04. The maximum atomic E-state index is 13.2. The van der Waals surface area contributed by atoms with Crippen LogP contribution in [0.15, 0.2) is 18.2 Å². The van der Waals surface area contributed by atoms with Crippen LogP contribution in [-0.2, 0) is 6.54 Å². The van der Waals surface area contributed by atoms with Crippen molar-refractivity contribution in [3.63, 3.8) is 0 Å². The predicted molar refractivity (Wildman–Crippen MR) is 64.7 cm³/mol. The molecule has 18 heavy (non-hydrogen) atoms. The van der Waals surface area contributed by atoms with E-state index in [2.05, 4.69) is 9.97 Å². The molecule has 0 saturated carbocycles. The minimum absolute atomic E-state index is 0.284. The van der Waals surface area contributed by atoms with Crippen LogP contribution in [0.1, 0.15) is 17.0 Å². The normalized spacial score (nSPS) is 10.7. The number of hydrogen-bond acceptors (Lipinski definition) is 3. The number of hydrogen-bond donors (Lipinski definition) is 1. The lowest BCUT2D eigenvalue weighted by atomic mass is 10.1. The molecule has 1 aromatic carbocycles. The molecule has 0 aliphatic carbocycles. The first-order valence-electron chi connectivity index (χ1n) is 5.52.